The van der Waals surface area contributed by atoms with Crippen LogP contribution in [0, 0.1) is 6.92 Å². The molecule has 7 nitrogen and oxygen atoms in total. The number of nitrogens with zero attached hydrogens (tertiary/aromatic N) is 3. The fraction of sp³-hybridized carbons (Fsp3) is 0.632. The van der Waals surface area contributed by atoms with Crippen LogP contribution in [0.25, 0.3) is 0 Å². The summed E-state index contributed by atoms with van der Waals surface area (Å²) in [6.07, 6.45) is 2.58. The molecule has 0 spiro atoms. The van der Waals surface area contributed by atoms with Gasteiger partial charge in [-0.05, 0) is 45.7 Å². The molecule has 1 aliphatic rings. The van der Waals surface area contributed by atoms with Gasteiger partial charge in [0.2, 0.25) is 5.91 Å². The highest BCUT2D eigenvalue weighted by Crippen LogP contribution is 2.12. The number of pyridine rings is 1. The van der Waals surface area contributed by atoms with Crippen molar-refractivity contribution in [2.75, 3.05) is 32.0 Å². The molecule has 7 heteroatoms. The summed E-state index contributed by atoms with van der Waals surface area (Å²) in [6.45, 7) is 9.13. The summed E-state index contributed by atoms with van der Waals surface area (Å²) < 4.78 is 0. The molecule has 0 radical (unpaired) electrons. The van der Waals surface area contributed by atoms with Crippen molar-refractivity contribution in [1.29, 1.82) is 0 Å². The molecule has 1 aromatic rings. The third-order valence-corrected chi connectivity index (χ3v) is 4.62. The maximum atomic E-state index is 12.0. The van der Waals surface area contributed by atoms with Crippen LogP contribution in [0.4, 0.5) is 5.82 Å². The minimum Gasteiger partial charge on any atom is -0.356 e. The molecule has 26 heavy (non-hydrogen) atoms. The Bertz CT molecular complexity index is 608. The Kier molecular flexibility index (Phi) is 7.84. The molecule has 2 heterocycles. The van der Waals surface area contributed by atoms with Crippen molar-refractivity contribution in [3.63, 3.8) is 0 Å². The number of anilines is 1. The van der Waals surface area contributed by atoms with Crippen molar-refractivity contribution in [3.8, 4) is 0 Å². The van der Waals surface area contributed by atoms with Crippen LogP contribution in [0.5, 0.6) is 0 Å². The number of aryl methyl sites for hydroxylation is 1. The van der Waals surface area contributed by atoms with E-state index in [-0.39, 0.29) is 5.91 Å². The minimum absolute atomic E-state index is 0.0590. The Hall–Kier alpha value is -2.15. The van der Waals surface area contributed by atoms with Crippen molar-refractivity contribution in [1.82, 2.24) is 20.5 Å². The van der Waals surface area contributed by atoms with Gasteiger partial charge >= 0.3 is 0 Å². The lowest BCUT2D eigenvalue weighted by Crippen LogP contribution is -2.50. The van der Waals surface area contributed by atoms with Gasteiger partial charge in [0.1, 0.15) is 5.82 Å². The first-order valence-electron chi connectivity index (χ1n) is 9.42. The Labute approximate surface area is 156 Å². The zero-order valence-electron chi connectivity index (χ0n) is 16.4. The summed E-state index contributed by atoms with van der Waals surface area (Å²) in [5.74, 6) is 1.29. The van der Waals surface area contributed by atoms with Crippen LogP contribution in [0.3, 0.4) is 0 Å². The van der Waals surface area contributed by atoms with Gasteiger partial charge in [0.25, 0.3) is 0 Å². The molecule has 0 aromatic carbocycles. The molecule has 1 saturated heterocycles. The predicted octanol–water partition coefficient (Wildman–Crippen LogP) is 1.76. The molecule has 0 saturated carbocycles. The molecule has 0 bridgehead atoms. The van der Waals surface area contributed by atoms with Gasteiger partial charge in [0, 0.05) is 50.9 Å². The van der Waals surface area contributed by atoms with Gasteiger partial charge in [-0.25, -0.2) is 4.98 Å². The average Bonchev–Trinajstić information content (AvgIpc) is 2.61. The number of hydrogen-bond donors (Lipinski definition) is 3. The first-order chi connectivity index (χ1) is 12.5. The molecule has 0 atom stereocenters. The third kappa shape index (κ3) is 6.63. The van der Waals surface area contributed by atoms with Crippen LogP contribution >= 0.6 is 0 Å². The van der Waals surface area contributed by atoms with Gasteiger partial charge < -0.3 is 20.9 Å². The predicted molar refractivity (Wildman–Crippen MR) is 106 cm³/mol. The molecule has 3 N–H and O–H groups in total. The molecule has 144 valence electrons. The monoisotopic (exact) mass is 360 g/mol. The van der Waals surface area contributed by atoms with E-state index in [0.717, 1.165) is 37.6 Å². The van der Waals surface area contributed by atoms with Gasteiger partial charge in [-0.2, -0.15) is 0 Å². The number of nitrogens with one attached hydrogen (secondary N) is 3. The van der Waals surface area contributed by atoms with Crippen LogP contribution in [0.2, 0.25) is 0 Å². The second-order valence-corrected chi connectivity index (χ2v) is 7.01. The van der Waals surface area contributed by atoms with Crippen LogP contribution in [-0.2, 0) is 4.79 Å². The maximum Gasteiger partial charge on any atom is 0.227 e. The number of likely N-dealkylation sites (tertiary alicyclic amines) is 1. The van der Waals surface area contributed by atoms with Gasteiger partial charge in [0.15, 0.2) is 5.96 Å². The minimum atomic E-state index is -0.0590. The highest BCUT2D eigenvalue weighted by Gasteiger charge is 2.21. The SMILES string of the molecule is CN=C(NCCC(=O)Nc1cccc(C)n1)NC1CCN(C(C)C)CC1. The van der Waals surface area contributed by atoms with E-state index in [1.807, 2.05) is 19.1 Å². The third-order valence-electron chi connectivity index (χ3n) is 4.62. The van der Waals surface area contributed by atoms with Gasteiger partial charge in [0.05, 0.1) is 0 Å². The van der Waals surface area contributed by atoms with Crippen molar-refractivity contribution < 1.29 is 4.79 Å². The number of amides is 1. The lowest BCUT2D eigenvalue weighted by molar-refractivity contribution is -0.116. The van der Waals surface area contributed by atoms with Crippen LogP contribution < -0.4 is 16.0 Å². The van der Waals surface area contributed by atoms with E-state index in [2.05, 4.69) is 44.7 Å². The van der Waals surface area contributed by atoms with E-state index in [1.54, 1.807) is 13.1 Å². The summed E-state index contributed by atoms with van der Waals surface area (Å²) in [6, 6.07) is 6.62. The summed E-state index contributed by atoms with van der Waals surface area (Å²) in [5, 5.41) is 9.50. The molecule has 1 fully saturated rings. The first kappa shape index (κ1) is 20.2. The zero-order chi connectivity index (χ0) is 18.9. The second-order valence-electron chi connectivity index (χ2n) is 7.01. The van der Waals surface area contributed by atoms with Crippen molar-refractivity contribution in [2.45, 2.75) is 52.1 Å². The summed E-state index contributed by atoms with van der Waals surface area (Å²) in [7, 11) is 1.76. The first-order valence-corrected chi connectivity index (χ1v) is 9.42. The standard InChI is InChI=1S/C19H32N6O/c1-14(2)25-12-9-16(10-13-25)23-19(20-4)21-11-8-18(26)24-17-7-5-6-15(3)22-17/h5-7,14,16H,8-13H2,1-4H3,(H2,20,21,23)(H,22,24,26). The number of guanidine groups is 1. The van der Waals surface area contributed by atoms with Gasteiger partial charge in [-0.1, -0.05) is 6.07 Å². The lowest BCUT2D eigenvalue weighted by Gasteiger charge is -2.35. The molecular weight excluding hydrogens is 328 g/mol. The highest BCUT2D eigenvalue weighted by atomic mass is 16.1. The number of carbonyl (C=O) groups is 1. The van der Waals surface area contributed by atoms with Crippen molar-refractivity contribution >= 4 is 17.7 Å². The maximum absolute atomic E-state index is 12.0. The molecule has 1 amide bonds. The lowest BCUT2D eigenvalue weighted by atomic mass is 10.0. The topological polar surface area (TPSA) is 81.6 Å². The number of aliphatic imine (C=N–C) groups is 1. The van der Waals surface area contributed by atoms with Crippen molar-refractivity contribution in [3.05, 3.63) is 23.9 Å². The van der Waals surface area contributed by atoms with E-state index in [0.29, 0.717) is 30.9 Å². The normalized spacial score (nSPS) is 16.6. The quantitative estimate of drug-likeness (QED) is 0.532. The molecule has 1 aliphatic heterocycles. The Balaban J connectivity index is 1.68. The Morgan fingerprint density at radius 1 is 1.35 bits per heavy atom. The number of hydrogen-bond acceptors (Lipinski definition) is 4. The number of rotatable bonds is 6. The van der Waals surface area contributed by atoms with Crippen LogP contribution in [0.1, 0.15) is 38.8 Å². The summed E-state index contributed by atoms with van der Waals surface area (Å²) in [4.78, 5) is 23.1. The summed E-state index contributed by atoms with van der Waals surface area (Å²) in [5.41, 5.74) is 0.883. The largest absolute Gasteiger partial charge is 0.356 e. The highest BCUT2D eigenvalue weighted by molar-refractivity contribution is 5.90. The second kappa shape index (κ2) is 10.1. The van der Waals surface area contributed by atoms with Crippen LogP contribution in [-0.4, -0.2) is 60.5 Å². The zero-order valence-corrected chi connectivity index (χ0v) is 16.4. The van der Waals surface area contributed by atoms with E-state index >= 15 is 0 Å². The van der Waals surface area contributed by atoms with Gasteiger partial charge in [-0.15, -0.1) is 0 Å². The fourth-order valence-corrected chi connectivity index (χ4v) is 3.06. The number of carbonyl (C=O) groups excluding carboxylic acids is 1. The number of aromatic nitrogens is 1. The van der Waals surface area contributed by atoms with E-state index < -0.39 is 0 Å². The fourth-order valence-electron chi connectivity index (χ4n) is 3.06. The molecule has 1 aromatic heterocycles. The Morgan fingerprint density at radius 3 is 2.69 bits per heavy atom. The van der Waals surface area contributed by atoms with Gasteiger partial charge in [-0.3, -0.25) is 9.79 Å². The van der Waals surface area contributed by atoms with E-state index in [4.69, 9.17) is 0 Å². The van der Waals surface area contributed by atoms with Crippen molar-refractivity contribution in [2.24, 2.45) is 4.99 Å². The van der Waals surface area contributed by atoms with E-state index in [9.17, 15) is 4.79 Å². The smallest absolute Gasteiger partial charge is 0.227 e. The number of piperidine rings is 1. The molecular formula is C19H32N6O. The summed E-state index contributed by atoms with van der Waals surface area (Å²) >= 11 is 0. The Morgan fingerprint density at radius 2 is 2.08 bits per heavy atom. The molecule has 0 aliphatic carbocycles. The average molecular weight is 361 g/mol. The van der Waals surface area contributed by atoms with E-state index in [1.165, 1.54) is 0 Å². The van der Waals surface area contributed by atoms with Crippen LogP contribution in [0.15, 0.2) is 23.2 Å². The molecule has 0 unspecified atom stereocenters. The molecule has 2 rings (SSSR count).